The summed E-state index contributed by atoms with van der Waals surface area (Å²) in [6.45, 7) is 14.5. The molecule has 0 aromatic rings. The summed E-state index contributed by atoms with van der Waals surface area (Å²) in [5.41, 5.74) is 0. The van der Waals surface area contributed by atoms with Gasteiger partial charge in [0.05, 0.1) is 0 Å². The van der Waals surface area contributed by atoms with Gasteiger partial charge in [-0.25, -0.2) is 0 Å². The van der Waals surface area contributed by atoms with Gasteiger partial charge in [0.25, 0.3) is 0 Å². The Balaban J connectivity index is -0.000000162. The van der Waals surface area contributed by atoms with E-state index < -0.39 is 0 Å². The molecule has 0 aliphatic rings. The third kappa shape index (κ3) is 35.0. The van der Waals surface area contributed by atoms with Gasteiger partial charge in [-0.2, -0.15) is 0 Å². The van der Waals surface area contributed by atoms with E-state index in [1.807, 2.05) is 0 Å². The molecule has 0 saturated heterocycles. The lowest BCUT2D eigenvalue weighted by molar-refractivity contribution is 0.507. The van der Waals surface area contributed by atoms with E-state index in [1.54, 1.807) is 0 Å². The first-order valence-electron chi connectivity index (χ1n) is 8.16. The van der Waals surface area contributed by atoms with Gasteiger partial charge in [-0.3, -0.25) is 0 Å². The molecule has 0 aliphatic carbocycles. The molecule has 0 amide bonds. The number of halogens is 4. The zero-order chi connectivity index (χ0) is 14.2. The quantitative estimate of drug-likeness (QED) is 0.209. The van der Waals surface area contributed by atoms with Gasteiger partial charge in [0.1, 0.15) is 0 Å². The van der Waals surface area contributed by atoms with Gasteiger partial charge in [-0.05, 0) is 78.4 Å². The average Bonchev–Trinajstić information content (AvgIpc) is 2.43. The van der Waals surface area contributed by atoms with E-state index in [-0.39, 0.29) is 75.4 Å². The van der Waals surface area contributed by atoms with Crippen LogP contribution in [-0.2, 0) is 0 Å². The fourth-order valence-corrected chi connectivity index (χ4v) is 1.81. The third-order valence-corrected chi connectivity index (χ3v) is 3.30. The molecule has 0 spiro atoms. The summed E-state index contributed by atoms with van der Waals surface area (Å²) in [6.07, 6.45) is 4.88. The summed E-state index contributed by atoms with van der Waals surface area (Å²) in [5, 5.41) is 13.8. The van der Waals surface area contributed by atoms with Crippen LogP contribution in [0.5, 0.6) is 0 Å². The molecular weight excluding hydrogens is 568 g/mol. The molecule has 24 heavy (non-hydrogen) atoms. The predicted octanol–water partition coefficient (Wildman–Crippen LogP) is 4.28. The number of nitrogens with one attached hydrogen (secondary N) is 4. The highest BCUT2D eigenvalue weighted by atomic mass is 79.9. The maximum Gasteiger partial charge on any atom is 0.00361 e. The third-order valence-electron chi connectivity index (χ3n) is 3.30. The second-order valence-electron chi connectivity index (χ2n) is 5.18. The van der Waals surface area contributed by atoms with Crippen molar-refractivity contribution in [3.8, 4) is 0 Å². The van der Waals surface area contributed by atoms with Crippen LogP contribution in [0.4, 0.5) is 0 Å². The summed E-state index contributed by atoms with van der Waals surface area (Å²) in [5.74, 6) is 0. The van der Waals surface area contributed by atoms with E-state index >= 15 is 0 Å². The summed E-state index contributed by atoms with van der Waals surface area (Å²) in [4.78, 5) is 0. The van der Waals surface area contributed by atoms with E-state index in [1.165, 1.54) is 25.7 Å². The van der Waals surface area contributed by atoms with Crippen molar-refractivity contribution < 1.29 is 0 Å². The van der Waals surface area contributed by atoms with Crippen LogP contribution in [0, 0.1) is 0 Å². The molecule has 156 valence electrons. The molecule has 0 rings (SSSR count). The van der Waals surface area contributed by atoms with Gasteiger partial charge in [-0.1, -0.05) is 21.3 Å². The van der Waals surface area contributed by atoms with Gasteiger partial charge >= 0.3 is 0 Å². The largest absolute Gasteiger partial charge is 0.317 e. The molecule has 0 radical (unpaired) electrons. The Kier molecular flexibility index (Phi) is 60.3. The molecule has 0 aromatic heterocycles. The van der Waals surface area contributed by atoms with E-state index in [9.17, 15) is 0 Å². The summed E-state index contributed by atoms with van der Waals surface area (Å²) in [6, 6.07) is 0.659. The van der Waals surface area contributed by atoms with Crippen molar-refractivity contribution in [2.45, 2.75) is 59.9 Å². The SMILES string of the molecule is Br.Br.Br.Br.C.CCNCCCNCCCNCCCNC(C)CC. The molecule has 8 heteroatoms. The highest BCUT2D eigenvalue weighted by molar-refractivity contribution is 8.93. The lowest BCUT2D eigenvalue weighted by atomic mass is 10.2. The van der Waals surface area contributed by atoms with Crippen LogP contribution in [0.3, 0.4) is 0 Å². The molecule has 0 fully saturated rings. The molecular formula is C16H44Br4N4. The van der Waals surface area contributed by atoms with Gasteiger partial charge in [0.15, 0.2) is 0 Å². The molecule has 0 bridgehead atoms. The molecule has 4 nitrogen and oxygen atoms in total. The normalized spacial score (nSPS) is 10.1. The summed E-state index contributed by atoms with van der Waals surface area (Å²) < 4.78 is 0. The van der Waals surface area contributed by atoms with Crippen LogP contribution in [0.2, 0.25) is 0 Å². The van der Waals surface area contributed by atoms with Crippen molar-refractivity contribution in [2.75, 3.05) is 45.8 Å². The monoisotopic (exact) mass is 608 g/mol. The molecule has 0 saturated carbocycles. The van der Waals surface area contributed by atoms with Crippen LogP contribution >= 0.6 is 67.9 Å². The molecule has 1 atom stereocenters. The van der Waals surface area contributed by atoms with Crippen molar-refractivity contribution in [1.82, 2.24) is 21.3 Å². The Hall–Kier alpha value is 1.76. The number of hydrogen-bond donors (Lipinski definition) is 4. The van der Waals surface area contributed by atoms with Crippen molar-refractivity contribution in [1.29, 1.82) is 0 Å². The molecule has 0 heterocycles. The van der Waals surface area contributed by atoms with Crippen molar-refractivity contribution in [2.24, 2.45) is 0 Å². The minimum atomic E-state index is 0. The molecule has 0 aromatic carbocycles. The minimum Gasteiger partial charge on any atom is -0.317 e. The Morgan fingerprint density at radius 2 is 1.00 bits per heavy atom. The smallest absolute Gasteiger partial charge is 0.00361 e. The van der Waals surface area contributed by atoms with Gasteiger partial charge in [0, 0.05) is 6.04 Å². The van der Waals surface area contributed by atoms with E-state index in [0.717, 1.165) is 45.8 Å². The van der Waals surface area contributed by atoms with Crippen LogP contribution in [-0.4, -0.2) is 51.9 Å². The fourth-order valence-electron chi connectivity index (χ4n) is 1.81. The highest BCUT2D eigenvalue weighted by Gasteiger charge is 1.95. The van der Waals surface area contributed by atoms with Crippen molar-refractivity contribution >= 4 is 67.9 Å². The molecule has 0 aliphatic heterocycles. The second-order valence-corrected chi connectivity index (χ2v) is 5.18. The first kappa shape index (κ1) is 40.4. The Morgan fingerprint density at radius 3 is 1.38 bits per heavy atom. The first-order chi connectivity index (χ1) is 9.31. The standard InChI is InChI=1S/C15H36N4.CH4.4BrH/c1-4-15(3)19-14-8-13-18-12-7-11-17-10-6-9-16-5-2;;;;;/h15-19H,4-14H2,1-3H3;1H4;4*1H. The van der Waals surface area contributed by atoms with Crippen molar-refractivity contribution in [3.05, 3.63) is 0 Å². The van der Waals surface area contributed by atoms with Crippen LogP contribution in [0.15, 0.2) is 0 Å². The maximum atomic E-state index is 3.51. The van der Waals surface area contributed by atoms with Crippen molar-refractivity contribution in [3.63, 3.8) is 0 Å². The van der Waals surface area contributed by atoms with E-state index in [4.69, 9.17) is 0 Å². The van der Waals surface area contributed by atoms with Crippen LogP contribution in [0.25, 0.3) is 0 Å². The first-order valence-corrected chi connectivity index (χ1v) is 8.16. The van der Waals surface area contributed by atoms with E-state index in [2.05, 4.69) is 42.0 Å². The average molecular weight is 612 g/mol. The van der Waals surface area contributed by atoms with E-state index in [0.29, 0.717) is 6.04 Å². The molecule has 4 N–H and O–H groups in total. The summed E-state index contributed by atoms with van der Waals surface area (Å²) >= 11 is 0. The lowest BCUT2D eigenvalue weighted by Gasteiger charge is -2.11. The fraction of sp³-hybridized carbons (Fsp3) is 1.00. The zero-order valence-electron chi connectivity index (χ0n) is 15.0. The Labute approximate surface area is 193 Å². The van der Waals surface area contributed by atoms with Gasteiger partial charge in [-0.15, -0.1) is 67.9 Å². The lowest BCUT2D eigenvalue weighted by Crippen LogP contribution is -2.29. The Bertz CT molecular complexity index is 180. The molecule has 1 unspecified atom stereocenters. The topological polar surface area (TPSA) is 48.1 Å². The predicted molar refractivity (Wildman–Crippen MR) is 134 cm³/mol. The second kappa shape index (κ2) is 35.8. The minimum absolute atomic E-state index is 0. The highest BCUT2D eigenvalue weighted by Crippen LogP contribution is 1.87. The zero-order valence-corrected chi connectivity index (χ0v) is 21.8. The Morgan fingerprint density at radius 1 is 0.625 bits per heavy atom. The number of rotatable bonds is 15. The summed E-state index contributed by atoms with van der Waals surface area (Å²) in [7, 11) is 0. The van der Waals surface area contributed by atoms with Gasteiger partial charge in [0.2, 0.25) is 0 Å². The number of hydrogen-bond acceptors (Lipinski definition) is 4. The maximum absolute atomic E-state index is 3.51. The van der Waals surface area contributed by atoms with Gasteiger partial charge < -0.3 is 21.3 Å². The van der Waals surface area contributed by atoms with Crippen LogP contribution < -0.4 is 21.3 Å². The van der Waals surface area contributed by atoms with Crippen LogP contribution in [0.1, 0.15) is 53.9 Å².